The summed E-state index contributed by atoms with van der Waals surface area (Å²) in [6.07, 6.45) is 5.87. The van der Waals surface area contributed by atoms with E-state index < -0.39 is 0 Å². The zero-order chi connectivity index (χ0) is 46.5. The maximum absolute atomic E-state index is 5.79. The van der Waals surface area contributed by atoms with Gasteiger partial charge in [-0.3, -0.25) is 4.90 Å². The van der Waals surface area contributed by atoms with Crippen LogP contribution in [0.2, 0.25) is 0 Å². The summed E-state index contributed by atoms with van der Waals surface area (Å²) in [6, 6.07) is 14.6. The number of morpholine rings is 2. The Labute approximate surface area is 393 Å². The Balaban J connectivity index is 0.000000196. The normalized spacial score (nSPS) is 17.3. The number of rotatable bonds is 16. The lowest BCUT2D eigenvalue weighted by molar-refractivity contribution is 0.122. The molecule has 4 fully saturated rings. The molecule has 0 spiro atoms. The van der Waals surface area contributed by atoms with Crippen LogP contribution in [-0.4, -0.2) is 158 Å². The molecule has 18 heteroatoms. The summed E-state index contributed by atoms with van der Waals surface area (Å²) in [6.45, 7) is 15.0. The van der Waals surface area contributed by atoms with Crippen molar-refractivity contribution in [1.29, 1.82) is 0 Å². The second-order valence-electron chi connectivity index (χ2n) is 16.8. The SMILES string of the molecule is C=CCOc1cc(CN2CCC(Nc3nc(N4CCOCC4)c4cc(OC)c(OC)cc4n3)CC2)ccc1OC.COc1cc2nc(NC3CCNCC3)nc(N3CCOCC3)c2cc1OC. The highest BCUT2D eigenvalue weighted by atomic mass is 16.5. The van der Waals surface area contributed by atoms with E-state index in [-0.39, 0.29) is 6.04 Å². The van der Waals surface area contributed by atoms with Gasteiger partial charge in [-0.25, -0.2) is 9.97 Å². The summed E-state index contributed by atoms with van der Waals surface area (Å²) in [7, 11) is 8.23. The second-order valence-corrected chi connectivity index (χ2v) is 16.8. The van der Waals surface area contributed by atoms with Crippen molar-refractivity contribution < 1.29 is 37.9 Å². The van der Waals surface area contributed by atoms with Gasteiger partial charge >= 0.3 is 0 Å². The topological polar surface area (TPSA) is 171 Å². The molecule has 5 aromatic rings. The van der Waals surface area contributed by atoms with Crippen molar-refractivity contribution in [3.05, 3.63) is 60.7 Å². The predicted octanol–water partition coefficient (Wildman–Crippen LogP) is 5.78. The van der Waals surface area contributed by atoms with Crippen LogP contribution in [0, 0.1) is 0 Å². The molecule has 9 rings (SSSR count). The minimum Gasteiger partial charge on any atom is -0.493 e. The van der Waals surface area contributed by atoms with Crippen molar-refractivity contribution in [2.24, 2.45) is 0 Å². The van der Waals surface area contributed by atoms with Crippen LogP contribution in [0.1, 0.15) is 31.2 Å². The number of likely N-dealkylation sites (tertiary alicyclic amines) is 1. The standard InChI is InChI=1S/C30H39N5O5.C19H27N5O3/c1-5-14-40-28-17-21(6-7-25(28)36-2)20-34-10-8-22(9-11-34)31-30-32-24-19-27(38-4)26(37-3)18-23(24)29(33-30)35-12-15-39-16-13-35;1-25-16-11-14-15(12-17(16)26-2)22-19(21-13-3-5-20-6-4-13)23-18(14)24-7-9-27-10-8-24/h5-7,17-19,22H,1,8-16,20H2,2-4H3,(H,31,32,33);11-13,20H,3-10H2,1-2H3,(H,21,22,23). The van der Waals surface area contributed by atoms with Gasteiger partial charge in [-0.05, 0) is 68.6 Å². The number of hydrogen-bond acceptors (Lipinski definition) is 18. The summed E-state index contributed by atoms with van der Waals surface area (Å²) in [5, 5.41) is 12.4. The molecule has 0 aliphatic carbocycles. The Morgan fingerprint density at radius 3 is 1.55 bits per heavy atom. The number of ether oxygens (including phenoxy) is 8. The molecule has 0 radical (unpaired) electrons. The molecule has 0 saturated carbocycles. The van der Waals surface area contributed by atoms with Gasteiger partial charge in [0, 0.05) is 80.8 Å². The number of fused-ring (bicyclic) bond motifs is 2. The number of methoxy groups -OCH3 is 5. The first-order valence-corrected chi connectivity index (χ1v) is 23.3. The molecule has 0 unspecified atom stereocenters. The molecule has 0 atom stereocenters. The van der Waals surface area contributed by atoms with E-state index in [2.05, 4.69) is 49.4 Å². The predicted molar refractivity (Wildman–Crippen MR) is 261 cm³/mol. The number of aromatic nitrogens is 4. The smallest absolute Gasteiger partial charge is 0.225 e. The number of benzene rings is 3. The molecule has 2 aromatic heterocycles. The fourth-order valence-electron chi connectivity index (χ4n) is 8.95. The third-order valence-corrected chi connectivity index (χ3v) is 12.6. The highest BCUT2D eigenvalue weighted by molar-refractivity contribution is 5.94. The van der Waals surface area contributed by atoms with Crippen molar-refractivity contribution in [2.75, 3.05) is 141 Å². The molecule has 0 amide bonds. The lowest BCUT2D eigenvalue weighted by atomic mass is 10.0. The maximum atomic E-state index is 5.79. The highest BCUT2D eigenvalue weighted by Gasteiger charge is 2.25. The highest BCUT2D eigenvalue weighted by Crippen LogP contribution is 2.38. The van der Waals surface area contributed by atoms with E-state index in [0.29, 0.717) is 74.0 Å². The summed E-state index contributed by atoms with van der Waals surface area (Å²) < 4.78 is 44.4. The number of hydrogen-bond donors (Lipinski definition) is 3. The first kappa shape index (κ1) is 47.4. The van der Waals surface area contributed by atoms with E-state index in [1.807, 2.05) is 30.3 Å². The summed E-state index contributed by atoms with van der Waals surface area (Å²) in [5.41, 5.74) is 2.87. The fourth-order valence-corrected chi connectivity index (χ4v) is 8.95. The van der Waals surface area contributed by atoms with E-state index in [9.17, 15) is 0 Å². The van der Waals surface area contributed by atoms with Crippen molar-refractivity contribution in [2.45, 2.75) is 44.3 Å². The molecule has 4 aliphatic heterocycles. The third kappa shape index (κ3) is 11.7. The number of anilines is 4. The lowest BCUT2D eigenvalue weighted by Crippen LogP contribution is -2.39. The van der Waals surface area contributed by atoms with Crippen LogP contribution in [0.25, 0.3) is 21.8 Å². The van der Waals surface area contributed by atoms with Gasteiger partial charge in [-0.2, -0.15) is 9.97 Å². The van der Waals surface area contributed by atoms with Gasteiger partial charge in [-0.1, -0.05) is 18.7 Å². The van der Waals surface area contributed by atoms with Crippen molar-refractivity contribution in [3.63, 3.8) is 0 Å². The molecular weight excluding hydrogens is 857 g/mol. The van der Waals surface area contributed by atoms with E-state index >= 15 is 0 Å². The number of nitrogens with zero attached hydrogens (tertiary/aromatic N) is 7. The zero-order valence-corrected chi connectivity index (χ0v) is 39.6. The number of nitrogens with one attached hydrogen (secondary N) is 3. The third-order valence-electron chi connectivity index (χ3n) is 12.6. The minimum absolute atomic E-state index is 0.286. The van der Waals surface area contributed by atoms with Gasteiger partial charge in [0.05, 0.1) is 73.0 Å². The summed E-state index contributed by atoms with van der Waals surface area (Å²) in [5.74, 6) is 7.26. The molecule has 3 aromatic carbocycles. The molecule has 4 aliphatic rings. The van der Waals surface area contributed by atoms with Gasteiger partial charge in [0.25, 0.3) is 0 Å². The van der Waals surface area contributed by atoms with Crippen LogP contribution >= 0.6 is 0 Å². The monoisotopic (exact) mass is 923 g/mol. The molecular formula is C49H66N10O8. The van der Waals surface area contributed by atoms with Gasteiger partial charge in [0.1, 0.15) is 18.2 Å². The van der Waals surface area contributed by atoms with Crippen LogP contribution in [0.3, 0.4) is 0 Å². The Kier molecular flexibility index (Phi) is 16.3. The van der Waals surface area contributed by atoms with Crippen LogP contribution in [0.4, 0.5) is 23.5 Å². The minimum atomic E-state index is 0.286. The molecule has 67 heavy (non-hydrogen) atoms. The van der Waals surface area contributed by atoms with E-state index in [1.54, 1.807) is 41.6 Å². The van der Waals surface area contributed by atoms with E-state index in [4.69, 9.17) is 57.8 Å². The van der Waals surface area contributed by atoms with Crippen molar-refractivity contribution in [1.82, 2.24) is 30.2 Å². The second kappa shape index (κ2) is 23.1. The van der Waals surface area contributed by atoms with Gasteiger partial charge < -0.3 is 63.6 Å². The van der Waals surface area contributed by atoms with Gasteiger partial charge in [0.15, 0.2) is 34.5 Å². The largest absolute Gasteiger partial charge is 0.493 e. The van der Waals surface area contributed by atoms with Crippen molar-refractivity contribution >= 4 is 45.3 Å². The first-order chi connectivity index (χ1) is 32.9. The van der Waals surface area contributed by atoms with E-state index in [0.717, 1.165) is 130 Å². The van der Waals surface area contributed by atoms with Crippen LogP contribution in [0.15, 0.2) is 55.1 Å². The maximum Gasteiger partial charge on any atom is 0.225 e. The van der Waals surface area contributed by atoms with E-state index in [1.165, 1.54) is 5.56 Å². The number of piperidine rings is 2. The molecule has 360 valence electrons. The Morgan fingerprint density at radius 2 is 1.07 bits per heavy atom. The fraction of sp³-hybridized carbons (Fsp3) is 0.510. The first-order valence-electron chi connectivity index (χ1n) is 23.3. The van der Waals surface area contributed by atoms with Gasteiger partial charge in [0.2, 0.25) is 11.9 Å². The molecule has 0 bridgehead atoms. The molecule has 3 N–H and O–H groups in total. The molecule has 4 saturated heterocycles. The average Bonchev–Trinajstić information content (AvgIpc) is 3.38. The van der Waals surface area contributed by atoms with Crippen LogP contribution < -0.4 is 54.2 Å². The Hall–Kier alpha value is -6.08. The van der Waals surface area contributed by atoms with Crippen LogP contribution in [0.5, 0.6) is 34.5 Å². The van der Waals surface area contributed by atoms with Crippen molar-refractivity contribution in [3.8, 4) is 34.5 Å². The Morgan fingerprint density at radius 1 is 0.597 bits per heavy atom. The zero-order valence-electron chi connectivity index (χ0n) is 39.6. The quantitative estimate of drug-likeness (QED) is 0.102. The molecule has 6 heterocycles. The van der Waals surface area contributed by atoms with Gasteiger partial charge in [-0.15, -0.1) is 0 Å². The lowest BCUT2D eigenvalue weighted by Gasteiger charge is -2.33. The van der Waals surface area contributed by atoms with Crippen LogP contribution in [-0.2, 0) is 16.0 Å². The Bertz CT molecular complexity index is 2420. The summed E-state index contributed by atoms with van der Waals surface area (Å²) in [4.78, 5) is 26.5. The average molecular weight is 923 g/mol. The molecule has 18 nitrogen and oxygen atoms in total. The summed E-state index contributed by atoms with van der Waals surface area (Å²) >= 11 is 0.